The summed E-state index contributed by atoms with van der Waals surface area (Å²) in [6.07, 6.45) is 2.18. The Morgan fingerprint density at radius 1 is 1.22 bits per heavy atom. The van der Waals surface area contributed by atoms with Gasteiger partial charge in [-0.1, -0.05) is 23.7 Å². The summed E-state index contributed by atoms with van der Waals surface area (Å²) in [5, 5.41) is 15.7. The molecule has 0 saturated carbocycles. The Hall–Kier alpha value is -1.35. The molecule has 0 atom stereocenters. The Morgan fingerprint density at radius 2 is 1.96 bits per heavy atom. The van der Waals surface area contributed by atoms with Crippen molar-refractivity contribution in [3.8, 4) is 0 Å². The van der Waals surface area contributed by atoms with E-state index in [0.29, 0.717) is 13.1 Å². The number of aryl methyl sites for hydroxylation is 1. The summed E-state index contributed by atoms with van der Waals surface area (Å²) in [6.45, 7) is 2.32. The average molecular weight is 447 g/mol. The molecule has 2 aromatic rings. The van der Waals surface area contributed by atoms with Crippen LogP contribution in [0.1, 0.15) is 23.6 Å². The number of halogens is 2. The molecule has 2 heterocycles. The summed E-state index contributed by atoms with van der Waals surface area (Å²) >= 11 is 5.88. The fraction of sp³-hybridized carbons (Fsp3) is 0.400. The zero-order chi connectivity index (χ0) is 15.4. The Morgan fingerprint density at radius 3 is 2.70 bits per heavy atom. The molecule has 1 aliphatic heterocycles. The van der Waals surface area contributed by atoms with Gasteiger partial charge in [-0.25, -0.2) is 0 Å². The summed E-state index contributed by atoms with van der Waals surface area (Å²) < 4.78 is 2.18. The minimum absolute atomic E-state index is 0. The van der Waals surface area contributed by atoms with Gasteiger partial charge in [0.25, 0.3) is 0 Å². The lowest BCUT2D eigenvalue weighted by Crippen LogP contribution is -2.37. The van der Waals surface area contributed by atoms with E-state index < -0.39 is 0 Å². The molecule has 0 fully saturated rings. The summed E-state index contributed by atoms with van der Waals surface area (Å²) in [6, 6.07) is 7.75. The SMILES string of the molecule is CN=C(NCc1ccc(Cl)cc1)NCc1nnc2n1CCC2.I. The van der Waals surface area contributed by atoms with Crippen molar-refractivity contribution in [2.24, 2.45) is 4.99 Å². The normalized spacial score (nSPS) is 13.4. The summed E-state index contributed by atoms with van der Waals surface area (Å²) in [7, 11) is 1.76. The average Bonchev–Trinajstić information content (AvgIpc) is 3.13. The van der Waals surface area contributed by atoms with E-state index in [1.807, 2.05) is 24.3 Å². The fourth-order valence-electron chi connectivity index (χ4n) is 2.51. The lowest BCUT2D eigenvalue weighted by atomic mass is 10.2. The van der Waals surface area contributed by atoms with Crippen LogP contribution in [-0.4, -0.2) is 27.8 Å². The second-order valence-corrected chi connectivity index (χ2v) is 5.63. The van der Waals surface area contributed by atoms with Crippen molar-refractivity contribution in [3.05, 3.63) is 46.5 Å². The van der Waals surface area contributed by atoms with Gasteiger partial charge in [0.2, 0.25) is 0 Å². The van der Waals surface area contributed by atoms with E-state index >= 15 is 0 Å². The molecule has 1 aromatic carbocycles. The first-order valence-electron chi connectivity index (χ1n) is 7.36. The first kappa shape index (κ1) is 18.0. The lowest BCUT2D eigenvalue weighted by Gasteiger charge is -2.12. The number of rotatable bonds is 4. The van der Waals surface area contributed by atoms with Crippen LogP contribution in [0.15, 0.2) is 29.3 Å². The monoisotopic (exact) mass is 446 g/mol. The molecule has 0 radical (unpaired) electrons. The van der Waals surface area contributed by atoms with Crippen molar-refractivity contribution in [1.82, 2.24) is 25.4 Å². The maximum absolute atomic E-state index is 5.88. The molecule has 1 aromatic heterocycles. The Labute approximate surface area is 157 Å². The molecule has 0 bridgehead atoms. The standard InChI is InChI=1S/C15H19ClN6.HI/c1-17-15(18-9-11-4-6-12(16)7-5-11)19-10-14-21-20-13-3-2-8-22(13)14;/h4-7H,2-3,8-10H2,1H3,(H2,17,18,19);1H. The number of aliphatic imine (C=N–C) groups is 1. The Bertz CT molecular complexity index is 667. The van der Waals surface area contributed by atoms with Crippen LogP contribution in [0.2, 0.25) is 5.02 Å². The van der Waals surface area contributed by atoms with E-state index in [0.717, 1.165) is 47.6 Å². The van der Waals surface area contributed by atoms with Gasteiger partial charge in [0.15, 0.2) is 11.8 Å². The van der Waals surface area contributed by atoms with Crippen LogP contribution in [0.3, 0.4) is 0 Å². The number of guanidine groups is 1. The highest BCUT2D eigenvalue weighted by molar-refractivity contribution is 14.0. The minimum atomic E-state index is 0. The molecular weight excluding hydrogens is 427 g/mol. The molecule has 6 nitrogen and oxygen atoms in total. The third kappa shape index (κ3) is 4.57. The zero-order valence-electron chi connectivity index (χ0n) is 12.9. The van der Waals surface area contributed by atoms with E-state index in [1.165, 1.54) is 0 Å². The molecule has 1 aliphatic rings. The molecule has 8 heteroatoms. The maximum atomic E-state index is 5.88. The van der Waals surface area contributed by atoms with Gasteiger partial charge < -0.3 is 15.2 Å². The van der Waals surface area contributed by atoms with E-state index in [-0.39, 0.29) is 24.0 Å². The van der Waals surface area contributed by atoms with Crippen LogP contribution in [0.25, 0.3) is 0 Å². The van der Waals surface area contributed by atoms with Gasteiger partial charge in [-0.15, -0.1) is 34.2 Å². The molecular formula is C15H20ClIN6. The summed E-state index contributed by atoms with van der Waals surface area (Å²) in [5.41, 5.74) is 1.15. The first-order chi connectivity index (χ1) is 10.8. The number of nitrogens with one attached hydrogen (secondary N) is 2. The number of benzene rings is 1. The minimum Gasteiger partial charge on any atom is -0.352 e. The topological polar surface area (TPSA) is 67.1 Å². The predicted octanol–water partition coefficient (Wildman–Crippen LogP) is 2.36. The predicted molar refractivity (Wildman–Crippen MR) is 102 cm³/mol. The van der Waals surface area contributed by atoms with Crippen LogP contribution in [0.5, 0.6) is 0 Å². The fourth-order valence-corrected chi connectivity index (χ4v) is 2.64. The second-order valence-electron chi connectivity index (χ2n) is 5.19. The third-order valence-corrected chi connectivity index (χ3v) is 3.95. The lowest BCUT2D eigenvalue weighted by molar-refractivity contribution is 0.663. The van der Waals surface area contributed by atoms with Crippen LogP contribution in [-0.2, 0) is 26.1 Å². The van der Waals surface area contributed by atoms with Crippen LogP contribution in [0, 0.1) is 0 Å². The third-order valence-electron chi connectivity index (χ3n) is 3.70. The Balaban J connectivity index is 0.00000192. The second kappa shape index (κ2) is 8.49. The molecule has 0 amide bonds. The molecule has 124 valence electrons. The van der Waals surface area contributed by atoms with Crippen LogP contribution >= 0.6 is 35.6 Å². The molecule has 3 rings (SSSR count). The van der Waals surface area contributed by atoms with E-state index in [2.05, 4.69) is 30.4 Å². The van der Waals surface area contributed by atoms with Gasteiger partial charge in [0, 0.05) is 31.6 Å². The van der Waals surface area contributed by atoms with Crippen molar-refractivity contribution in [2.45, 2.75) is 32.5 Å². The number of hydrogen-bond acceptors (Lipinski definition) is 3. The smallest absolute Gasteiger partial charge is 0.191 e. The first-order valence-corrected chi connectivity index (χ1v) is 7.74. The van der Waals surface area contributed by atoms with Crippen molar-refractivity contribution in [3.63, 3.8) is 0 Å². The molecule has 0 saturated heterocycles. The number of hydrogen-bond donors (Lipinski definition) is 2. The number of nitrogens with zero attached hydrogens (tertiary/aromatic N) is 4. The number of fused-ring (bicyclic) bond motifs is 1. The van der Waals surface area contributed by atoms with Crippen molar-refractivity contribution in [2.75, 3.05) is 7.05 Å². The molecule has 0 unspecified atom stereocenters. The maximum Gasteiger partial charge on any atom is 0.191 e. The zero-order valence-corrected chi connectivity index (χ0v) is 16.0. The summed E-state index contributed by atoms with van der Waals surface area (Å²) in [5.74, 6) is 2.79. The Kier molecular flexibility index (Phi) is 6.64. The van der Waals surface area contributed by atoms with Gasteiger partial charge in [0.05, 0.1) is 6.54 Å². The van der Waals surface area contributed by atoms with Crippen LogP contribution < -0.4 is 10.6 Å². The largest absolute Gasteiger partial charge is 0.352 e. The van der Waals surface area contributed by atoms with Gasteiger partial charge >= 0.3 is 0 Å². The molecule has 0 spiro atoms. The number of aromatic nitrogens is 3. The molecule has 23 heavy (non-hydrogen) atoms. The highest BCUT2D eigenvalue weighted by Gasteiger charge is 2.16. The quantitative estimate of drug-likeness (QED) is 0.430. The van der Waals surface area contributed by atoms with E-state index in [4.69, 9.17) is 11.6 Å². The van der Waals surface area contributed by atoms with Crippen molar-refractivity contribution in [1.29, 1.82) is 0 Å². The van der Waals surface area contributed by atoms with Gasteiger partial charge in [0.1, 0.15) is 5.82 Å². The highest BCUT2D eigenvalue weighted by Crippen LogP contribution is 2.13. The van der Waals surface area contributed by atoms with E-state index in [1.54, 1.807) is 7.05 Å². The van der Waals surface area contributed by atoms with E-state index in [9.17, 15) is 0 Å². The van der Waals surface area contributed by atoms with Gasteiger partial charge in [-0.3, -0.25) is 4.99 Å². The van der Waals surface area contributed by atoms with Crippen LogP contribution in [0.4, 0.5) is 0 Å². The van der Waals surface area contributed by atoms with Crippen molar-refractivity contribution >= 4 is 41.5 Å². The van der Waals surface area contributed by atoms with Gasteiger partial charge in [-0.05, 0) is 24.1 Å². The molecule has 2 N–H and O–H groups in total. The van der Waals surface area contributed by atoms with Crippen molar-refractivity contribution < 1.29 is 0 Å². The summed E-state index contributed by atoms with van der Waals surface area (Å²) in [4.78, 5) is 4.22. The molecule has 0 aliphatic carbocycles. The highest BCUT2D eigenvalue weighted by atomic mass is 127. The van der Waals surface area contributed by atoms with Gasteiger partial charge in [-0.2, -0.15) is 0 Å².